The summed E-state index contributed by atoms with van der Waals surface area (Å²) in [4.78, 5) is 38.7. The summed E-state index contributed by atoms with van der Waals surface area (Å²) >= 11 is 0. The van der Waals surface area contributed by atoms with Gasteiger partial charge in [-0.3, -0.25) is 4.79 Å². The van der Waals surface area contributed by atoms with Crippen LogP contribution in [0.1, 0.15) is 17.3 Å². The van der Waals surface area contributed by atoms with Crippen LogP contribution in [-0.4, -0.2) is 17.6 Å². The summed E-state index contributed by atoms with van der Waals surface area (Å²) in [7, 11) is 0. The molecule has 0 saturated carbocycles. The fourth-order valence-corrected chi connectivity index (χ4v) is 2.26. The molecular formula is C15H10FNO5. The number of aromatic amines is 1. The Bertz CT molecular complexity index is 1020. The largest absolute Gasteiger partial charge is 0.462 e. The molecule has 0 fully saturated rings. The van der Waals surface area contributed by atoms with Crippen LogP contribution in [0.15, 0.2) is 38.4 Å². The normalized spacial score (nSPS) is 11.0. The smallest absolute Gasteiger partial charge is 0.361 e. The molecule has 0 saturated heterocycles. The second kappa shape index (κ2) is 5.10. The number of hydrogen-bond acceptors (Lipinski definition) is 5. The average Bonchev–Trinajstić information content (AvgIpc) is 2.49. The number of para-hydroxylation sites is 1. The number of pyridine rings is 1. The summed E-state index contributed by atoms with van der Waals surface area (Å²) < 4.78 is 23.4. The Hall–Kier alpha value is -2.96. The van der Waals surface area contributed by atoms with Crippen molar-refractivity contribution < 1.29 is 18.3 Å². The molecule has 0 radical (unpaired) electrons. The number of halogens is 1. The third-order valence-corrected chi connectivity index (χ3v) is 3.21. The quantitative estimate of drug-likeness (QED) is 0.444. The van der Waals surface area contributed by atoms with E-state index in [4.69, 9.17) is 9.15 Å². The first-order valence-electron chi connectivity index (χ1n) is 6.48. The first-order valence-corrected chi connectivity index (χ1v) is 6.48. The number of rotatable bonds is 2. The highest BCUT2D eigenvalue weighted by Gasteiger charge is 2.19. The van der Waals surface area contributed by atoms with Crippen molar-refractivity contribution in [2.75, 3.05) is 6.61 Å². The number of benzene rings is 1. The van der Waals surface area contributed by atoms with Crippen molar-refractivity contribution in [3.63, 3.8) is 0 Å². The van der Waals surface area contributed by atoms with Crippen LogP contribution in [0.25, 0.3) is 21.9 Å². The lowest BCUT2D eigenvalue weighted by atomic mass is 10.1. The first kappa shape index (κ1) is 14.0. The molecule has 0 atom stereocenters. The van der Waals surface area contributed by atoms with Crippen molar-refractivity contribution in [2.45, 2.75) is 6.92 Å². The van der Waals surface area contributed by atoms with Crippen molar-refractivity contribution >= 4 is 27.8 Å². The van der Waals surface area contributed by atoms with Gasteiger partial charge >= 0.3 is 11.6 Å². The Morgan fingerprint density at radius 3 is 2.86 bits per heavy atom. The van der Waals surface area contributed by atoms with Gasteiger partial charge in [0.1, 0.15) is 11.1 Å². The van der Waals surface area contributed by atoms with Crippen LogP contribution in [0.5, 0.6) is 0 Å². The predicted molar refractivity (Wildman–Crippen MR) is 76.5 cm³/mol. The van der Waals surface area contributed by atoms with Crippen LogP contribution >= 0.6 is 0 Å². The minimum Gasteiger partial charge on any atom is -0.462 e. The number of carbonyl (C=O) groups excluding carboxylic acids is 1. The molecule has 6 nitrogen and oxygen atoms in total. The highest BCUT2D eigenvalue weighted by Crippen LogP contribution is 2.21. The van der Waals surface area contributed by atoms with Crippen molar-refractivity contribution in [3.05, 3.63) is 56.4 Å². The van der Waals surface area contributed by atoms with Gasteiger partial charge in [0, 0.05) is 11.6 Å². The van der Waals surface area contributed by atoms with Gasteiger partial charge in [-0.25, -0.2) is 14.0 Å². The van der Waals surface area contributed by atoms with Crippen molar-refractivity contribution in [1.82, 2.24) is 4.98 Å². The SMILES string of the molecule is CCOC(=O)c1c[nH]c2c(=O)oc3c(F)cccc3c2c1=O. The van der Waals surface area contributed by atoms with Crippen LogP contribution in [0, 0.1) is 5.82 Å². The van der Waals surface area contributed by atoms with Gasteiger partial charge < -0.3 is 14.1 Å². The molecule has 2 aromatic heterocycles. The molecule has 0 unspecified atom stereocenters. The molecule has 3 rings (SSSR count). The molecule has 0 aliphatic rings. The van der Waals surface area contributed by atoms with E-state index < -0.39 is 22.8 Å². The van der Waals surface area contributed by atoms with E-state index in [0.717, 1.165) is 12.3 Å². The zero-order valence-corrected chi connectivity index (χ0v) is 11.4. The molecule has 1 aromatic carbocycles. The van der Waals surface area contributed by atoms with Gasteiger partial charge in [-0.1, -0.05) is 12.1 Å². The number of carbonyl (C=O) groups is 1. The van der Waals surface area contributed by atoms with Crippen LogP contribution in [0.4, 0.5) is 4.39 Å². The van der Waals surface area contributed by atoms with E-state index in [9.17, 15) is 18.8 Å². The highest BCUT2D eigenvalue weighted by atomic mass is 19.1. The molecule has 112 valence electrons. The van der Waals surface area contributed by atoms with E-state index >= 15 is 0 Å². The minimum absolute atomic E-state index is 0.0998. The highest BCUT2D eigenvalue weighted by molar-refractivity contribution is 6.05. The van der Waals surface area contributed by atoms with Crippen LogP contribution in [-0.2, 0) is 4.74 Å². The first-order chi connectivity index (χ1) is 10.5. The molecule has 3 aromatic rings. The summed E-state index contributed by atoms with van der Waals surface area (Å²) in [5.41, 5.74) is -2.32. The molecule has 0 amide bonds. The van der Waals surface area contributed by atoms with E-state index in [1.54, 1.807) is 6.92 Å². The molecule has 1 N–H and O–H groups in total. The van der Waals surface area contributed by atoms with E-state index in [1.165, 1.54) is 12.1 Å². The Morgan fingerprint density at radius 1 is 1.36 bits per heavy atom. The Balaban J connectivity index is 2.50. The number of ether oxygens (including phenoxy) is 1. The Labute approximate surface area is 122 Å². The standard InChI is InChI=1S/C15H10FNO5/c1-2-21-14(19)8-6-17-11-10(12(8)18)7-4-3-5-9(16)13(7)22-15(11)20/h3-6H,2H2,1H3,(H,17,18). The number of hydrogen-bond donors (Lipinski definition) is 1. The Kier molecular flexibility index (Phi) is 3.25. The minimum atomic E-state index is -0.889. The lowest BCUT2D eigenvalue weighted by Gasteiger charge is -2.05. The molecule has 0 bridgehead atoms. The maximum Gasteiger partial charge on any atom is 0.361 e. The molecule has 22 heavy (non-hydrogen) atoms. The van der Waals surface area contributed by atoms with Crippen molar-refractivity contribution in [3.8, 4) is 0 Å². The third kappa shape index (κ3) is 1.98. The number of fused-ring (bicyclic) bond motifs is 3. The zero-order chi connectivity index (χ0) is 15.9. The molecule has 0 spiro atoms. The topological polar surface area (TPSA) is 89.4 Å². The van der Waals surface area contributed by atoms with Gasteiger partial charge in [0.15, 0.2) is 11.4 Å². The summed E-state index contributed by atoms with van der Waals surface area (Å²) in [6.45, 7) is 1.70. The summed E-state index contributed by atoms with van der Waals surface area (Å²) in [5, 5.41) is 0.0123. The summed E-state index contributed by atoms with van der Waals surface area (Å²) in [6, 6.07) is 3.93. The van der Waals surface area contributed by atoms with Crippen LogP contribution < -0.4 is 11.1 Å². The van der Waals surface area contributed by atoms with Crippen molar-refractivity contribution in [1.29, 1.82) is 0 Å². The monoisotopic (exact) mass is 303 g/mol. The summed E-state index contributed by atoms with van der Waals surface area (Å²) in [6.07, 6.45) is 1.09. The lowest BCUT2D eigenvalue weighted by molar-refractivity contribution is 0.0524. The fraction of sp³-hybridized carbons (Fsp3) is 0.133. The molecule has 7 heteroatoms. The molecule has 0 aliphatic heterocycles. The van der Waals surface area contributed by atoms with Gasteiger partial charge in [-0.05, 0) is 13.0 Å². The second-order valence-corrected chi connectivity index (χ2v) is 4.51. The van der Waals surface area contributed by atoms with Crippen LogP contribution in [0.3, 0.4) is 0 Å². The molecule has 2 heterocycles. The van der Waals surface area contributed by atoms with Crippen molar-refractivity contribution in [2.24, 2.45) is 0 Å². The average molecular weight is 303 g/mol. The summed E-state index contributed by atoms with van der Waals surface area (Å²) in [5.74, 6) is -1.58. The van der Waals surface area contributed by atoms with Gasteiger partial charge in [-0.15, -0.1) is 0 Å². The number of nitrogens with one attached hydrogen (secondary N) is 1. The van der Waals surface area contributed by atoms with Gasteiger partial charge in [0.25, 0.3) is 0 Å². The zero-order valence-electron chi connectivity index (χ0n) is 11.4. The number of esters is 1. The van der Waals surface area contributed by atoms with E-state index in [1.807, 2.05) is 0 Å². The third-order valence-electron chi connectivity index (χ3n) is 3.21. The van der Waals surface area contributed by atoms with E-state index in [0.29, 0.717) is 0 Å². The molecule has 0 aliphatic carbocycles. The number of aromatic nitrogens is 1. The Morgan fingerprint density at radius 2 is 2.14 bits per heavy atom. The molecular weight excluding hydrogens is 293 g/mol. The lowest BCUT2D eigenvalue weighted by Crippen LogP contribution is -2.20. The fourth-order valence-electron chi connectivity index (χ4n) is 2.26. The maximum atomic E-state index is 13.8. The van der Waals surface area contributed by atoms with Crippen LogP contribution in [0.2, 0.25) is 0 Å². The van der Waals surface area contributed by atoms with Gasteiger partial charge in [0.2, 0.25) is 5.43 Å². The van der Waals surface area contributed by atoms with Gasteiger partial charge in [0.05, 0.1) is 12.0 Å². The number of H-pyrrole nitrogens is 1. The van der Waals surface area contributed by atoms with E-state index in [-0.39, 0.29) is 34.0 Å². The predicted octanol–water partition coefficient (Wildman–Crippen LogP) is 1.95. The van der Waals surface area contributed by atoms with Gasteiger partial charge in [-0.2, -0.15) is 0 Å². The second-order valence-electron chi connectivity index (χ2n) is 4.51. The van der Waals surface area contributed by atoms with E-state index in [2.05, 4.69) is 4.98 Å². The maximum absolute atomic E-state index is 13.8.